The van der Waals surface area contributed by atoms with Gasteiger partial charge in [0.25, 0.3) is 0 Å². The van der Waals surface area contributed by atoms with Gasteiger partial charge in [0.1, 0.15) is 0 Å². The molecule has 0 spiro atoms. The number of hydrogen-bond donors (Lipinski definition) is 0. The molecule has 3 nitrogen and oxygen atoms in total. The van der Waals surface area contributed by atoms with Gasteiger partial charge in [-0.3, -0.25) is 9.69 Å². The van der Waals surface area contributed by atoms with E-state index in [1.54, 1.807) is 0 Å². The molecular weight excluding hydrogens is 296 g/mol. The van der Waals surface area contributed by atoms with Crippen LogP contribution in [-0.2, 0) is 4.79 Å². The van der Waals surface area contributed by atoms with Crippen molar-refractivity contribution in [2.45, 2.75) is 58.0 Å². The molecule has 2 unspecified atom stereocenters. The number of hydrogen-bond acceptors (Lipinski definition) is 2. The van der Waals surface area contributed by atoms with Crippen LogP contribution in [0, 0.1) is 0 Å². The molecule has 1 aromatic carbocycles. The number of carbonyl (C=O) groups excluding carboxylic acids is 1. The van der Waals surface area contributed by atoms with Crippen molar-refractivity contribution >= 4 is 11.5 Å². The van der Waals surface area contributed by atoms with Crippen molar-refractivity contribution in [2.24, 2.45) is 0 Å². The summed E-state index contributed by atoms with van der Waals surface area (Å²) in [4.78, 5) is 17.2. The first-order chi connectivity index (χ1) is 11.7. The number of carbonyl (C=O) groups is 1. The van der Waals surface area contributed by atoms with E-state index in [1.165, 1.54) is 30.4 Å². The van der Waals surface area contributed by atoms with Crippen LogP contribution in [0.5, 0.6) is 0 Å². The summed E-state index contributed by atoms with van der Waals surface area (Å²) in [6.45, 7) is 7.30. The predicted molar refractivity (Wildman–Crippen MR) is 99.7 cm³/mol. The van der Waals surface area contributed by atoms with Crippen LogP contribution in [0.3, 0.4) is 0 Å². The molecule has 0 saturated carbocycles. The highest BCUT2D eigenvalue weighted by atomic mass is 16.2. The number of fused-ring (bicyclic) bond motifs is 2. The summed E-state index contributed by atoms with van der Waals surface area (Å²) >= 11 is 0. The smallest absolute Gasteiger partial charge is 0.222 e. The van der Waals surface area contributed by atoms with Gasteiger partial charge < -0.3 is 4.90 Å². The Morgan fingerprint density at radius 1 is 1.17 bits per heavy atom. The Balaban J connectivity index is 1.67. The average molecular weight is 326 g/mol. The van der Waals surface area contributed by atoms with Gasteiger partial charge in [0.05, 0.1) is 0 Å². The lowest BCUT2D eigenvalue weighted by atomic mass is 9.94. The summed E-state index contributed by atoms with van der Waals surface area (Å²) < 4.78 is 0. The fourth-order valence-corrected chi connectivity index (χ4v) is 4.19. The standard InChI is InChI=1S/C21H30N2O/c1-3-21(24)23-19-10-7-11-20(23)16-22(15-13-19)14-12-17(2)18-8-5-4-6-9-18/h4-6,8-9,12,19-20H,3,7,10-11,13-16H2,1-2H3/b17-12+. The molecule has 0 N–H and O–H groups in total. The summed E-state index contributed by atoms with van der Waals surface area (Å²) in [6.07, 6.45) is 7.74. The van der Waals surface area contributed by atoms with Gasteiger partial charge in [0.2, 0.25) is 5.91 Å². The molecule has 2 saturated heterocycles. The Morgan fingerprint density at radius 2 is 1.92 bits per heavy atom. The molecular formula is C21H30N2O. The summed E-state index contributed by atoms with van der Waals surface area (Å²) in [5.41, 5.74) is 2.64. The monoisotopic (exact) mass is 326 g/mol. The largest absolute Gasteiger partial charge is 0.335 e. The first-order valence-corrected chi connectivity index (χ1v) is 9.44. The van der Waals surface area contributed by atoms with Crippen LogP contribution in [0.1, 0.15) is 51.5 Å². The lowest BCUT2D eigenvalue weighted by Gasteiger charge is -2.40. The average Bonchev–Trinajstić information content (AvgIpc) is 2.73. The van der Waals surface area contributed by atoms with Gasteiger partial charge in [-0.1, -0.05) is 43.3 Å². The van der Waals surface area contributed by atoms with Crippen molar-refractivity contribution in [2.75, 3.05) is 19.6 Å². The maximum atomic E-state index is 12.4. The molecule has 2 fully saturated rings. The van der Waals surface area contributed by atoms with Gasteiger partial charge in [0.15, 0.2) is 0 Å². The van der Waals surface area contributed by atoms with E-state index in [-0.39, 0.29) is 0 Å². The second-order valence-corrected chi connectivity index (χ2v) is 7.19. The molecule has 0 radical (unpaired) electrons. The van der Waals surface area contributed by atoms with Gasteiger partial charge >= 0.3 is 0 Å². The van der Waals surface area contributed by atoms with Crippen molar-refractivity contribution in [1.29, 1.82) is 0 Å². The Bertz CT molecular complexity index is 581. The van der Waals surface area contributed by atoms with Crippen molar-refractivity contribution in [1.82, 2.24) is 9.80 Å². The van der Waals surface area contributed by atoms with E-state index in [9.17, 15) is 4.79 Å². The molecule has 1 amide bonds. The lowest BCUT2D eigenvalue weighted by Crippen LogP contribution is -2.51. The third kappa shape index (κ3) is 3.89. The molecule has 0 aromatic heterocycles. The van der Waals surface area contributed by atoms with E-state index >= 15 is 0 Å². The van der Waals surface area contributed by atoms with E-state index in [0.717, 1.165) is 26.1 Å². The van der Waals surface area contributed by atoms with E-state index in [2.05, 4.69) is 53.1 Å². The fourth-order valence-electron chi connectivity index (χ4n) is 4.19. The number of allylic oxidation sites excluding steroid dienone is 1. The molecule has 130 valence electrons. The fraction of sp³-hybridized carbons (Fsp3) is 0.571. The Morgan fingerprint density at radius 3 is 2.67 bits per heavy atom. The highest BCUT2D eigenvalue weighted by molar-refractivity contribution is 5.76. The molecule has 2 atom stereocenters. The second kappa shape index (κ2) is 7.98. The lowest BCUT2D eigenvalue weighted by molar-refractivity contribution is -0.137. The summed E-state index contributed by atoms with van der Waals surface area (Å²) in [5, 5.41) is 0. The third-order valence-electron chi connectivity index (χ3n) is 5.58. The zero-order valence-corrected chi connectivity index (χ0v) is 15.1. The molecule has 1 aromatic rings. The Labute approximate surface area is 146 Å². The SMILES string of the molecule is CCC(=O)N1C2CCCC1CN(C/C=C(\C)c1ccccc1)CC2. The van der Waals surface area contributed by atoms with Crippen molar-refractivity contribution in [3.63, 3.8) is 0 Å². The molecule has 2 aliphatic heterocycles. The van der Waals surface area contributed by atoms with Crippen LogP contribution in [0.2, 0.25) is 0 Å². The van der Waals surface area contributed by atoms with E-state index < -0.39 is 0 Å². The second-order valence-electron chi connectivity index (χ2n) is 7.19. The number of piperidine rings is 1. The first kappa shape index (κ1) is 17.2. The maximum absolute atomic E-state index is 12.4. The predicted octanol–water partition coefficient (Wildman–Crippen LogP) is 3.96. The van der Waals surface area contributed by atoms with Crippen molar-refractivity contribution in [3.8, 4) is 0 Å². The van der Waals surface area contributed by atoms with Crippen molar-refractivity contribution in [3.05, 3.63) is 42.0 Å². The van der Waals surface area contributed by atoms with Crippen LogP contribution in [0.15, 0.2) is 36.4 Å². The zero-order chi connectivity index (χ0) is 16.9. The topological polar surface area (TPSA) is 23.6 Å². The maximum Gasteiger partial charge on any atom is 0.222 e. The minimum Gasteiger partial charge on any atom is -0.335 e. The Kier molecular flexibility index (Phi) is 5.72. The molecule has 3 heteroatoms. The molecule has 2 aliphatic rings. The van der Waals surface area contributed by atoms with E-state index in [4.69, 9.17) is 0 Å². The van der Waals surface area contributed by atoms with Crippen LogP contribution in [-0.4, -0.2) is 47.4 Å². The Hall–Kier alpha value is -1.61. The van der Waals surface area contributed by atoms with E-state index in [1.807, 2.05) is 6.92 Å². The van der Waals surface area contributed by atoms with Gasteiger partial charge in [-0.05, 0) is 43.7 Å². The molecule has 0 aliphatic carbocycles. The third-order valence-corrected chi connectivity index (χ3v) is 5.58. The van der Waals surface area contributed by atoms with Crippen LogP contribution in [0.25, 0.3) is 5.57 Å². The number of rotatable bonds is 4. The zero-order valence-electron chi connectivity index (χ0n) is 15.1. The number of amides is 1. The van der Waals surface area contributed by atoms with E-state index in [0.29, 0.717) is 24.4 Å². The van der Waals surface area contributed by atoms with Crippen LogP contribution < -0.4 is 0 Å². The van der Waals surface area contributed by atoms with Gasteiger partial charge in [-0.2, -0.15) is 0 Å². The number of benzene rings is 1. The van der Waals surface area contributed by atoms with Gasteiger partial charge in [-0.25, -0.2) is 0 Å². The first-order valence-electron chi connectivity index (χ1n) is 9.44. The molecule has 2 bridgehead atoms. The molecule has 24 heavy (non-hydrogen) atoms. The number of nitrogens with zero attached hydrogens (tertiary/aromatic N) is 2. The van der Waals surface area contributed by atoms with Gasteiger partial charge in [-0.15, -0.1) is 0 Å². The van der Waals surface area contributed by atoms with Crippen LogP contribution in [0.4, 0.5) is 0 Å². The normalized spacial score (nSPS) is 25.4. The van der Waals surface area contributed by atoms with Crippen molar-refractivity contribution < 1.29 is 4.79 Å². The quantitative estimate of drug-likeness (QED) is 0.836. The highest BCUT2D eigenvalue weighted by Gasteiger charge is 2.36. The summed E-state index contributed by atoms with van der Waals surface area (Å²) in [6, 6.07) is 11.5. The summed E-state index contributed by atoms with van der Waals surface area (Å²) in [5.74, 6) is 0.350. The minimum absolute atomic E-state index is 0.350. The van der Waals surface area contributed by atoms with Crippen LogP contribution >= 0.6 is 0 Å². The minimum atomic E-state index is 0.350. The van der Waals surface area contributed by atoms with Gasteiger partial charge in [0, 0.05) is 38.1 Å². The highest BCUT2D eigenvalue weighted by Crippen LogP contribution is 2.29. The molecule has 2 heterocycles. The summed E-state index contributed by atoms with van der Waals surface area (Å²) in [7, 11) is 0. The molecule has 3 rings (SSSR count).